The smallest absolute Gasteiger partial charge is 0.152 e. The van der Waals surface area contributed by atoms with Gasteiger partial charge in [-0.05, 0) is 19.3 Å². The molecule has 3 heteroatoms. The van der Waals surface area contributed by atoms with Crippen LogP contribution in [0.3, 0.4) is 0 Å². The number of rotatable bonds is 2. The molecule has 0 radical (unpaired) electrons. The molecular weight excluding hydrogens is 142 g/mol. The van der Waals surface area contributed by atoms with Crippen LogP contribution in [0.1, 0.15) is 19.3 Å². The molecule has 0 aromatic heterocycles. The molecule has 0 aliphatic carbocycles. The zero-order valence-corrected chi connectivity index (χ0v) is 6.45. The monoisotopic (exact) mass is 155 g/mol. The van der Waals surface area contributed by atoms with Gasteiger partial charge >= 0.3 is 0 Å². The topological polar surface area (TPSA) is 52.3 Å². The quantitative estimate of drug-likeness (QED) is 0.614. The number of fused-ring (bicyclic) bond motifs is 2. The fourth-order valence-corrected chi connectivity index (χ4v) is 2.13. The number of carbonyl (C=O) groups is 1. The van der Waals surface area contributed by atoms with E-state index in [-0.39, 0.29) is 24.3 Å². The van der Waals surface area contributed by atoms with Crippen molar-refractivity contribution in [2.24, 2.45) is 11.7 Å². The first kappa shape index (κ1) is 7.25. The molecule has 3 atom stereocenters. The van der Waals surface area contributed by atoms with Crippen LogP contribution in [0.2, 0.25) is 0 Å². The molecule has 2 aliphatic heterocycles. The lowest BCUT2D eigenvalue weighted by Crippen LogP contribution is -2.30. The predicted molar refractivity (Wildman–Crippen MR) is 40.1 cm³/mol. The molecule has 2 saturated heterocycles. The molecule has 3 unspecified atom stereocenters. The number of Topliss-reactive ketones (excluding diaryl/α,β-unsaturated/α-hetero) is 1. The number of hydrogen-bond acceptors (Lipinski definition) is 3. The van der Waals surface area contributed by atoms with Crippen molar-refractivity contribution >= 4 is 5.78 Å². The predicted octanol–water partition coefficient (Wildman–Crippen LogP) is 0.0817. The Morgan fingerprint density at radius 2 is 2.36 bits per heavy atom. The maximum absolute atomic E-state index is 11.2. The Morgan fingerprint density at radius 3 is 2.82 bits per heavy atom. The highest BCUT2D eigenvalue weighted by molar-refractivity contribution is 5.83. The molecule has 3 nitrogen and oxygen atoms in total. The van der Waals surface area contributed by atoms with Crippen LogP contribution in [0.15, 0.2) is 0 Å². The van der Waals surface area contributed by atoms with Crippen LogP contribution in [-0.2, 0) is 9.53 Å². The first-order valence-corrected chi connectivity index (χ1v) is 4.19. The lowest BCUT2D eigenvalue weighted by Gasteiger charge is -2.15. The van der Waals surface area contributed by atoms with E-state index in [4.69, 9.17) is 10.5 Å². The number of ketones is 1. The second-order valence-electron chi connectivity index (χ2n) is 3.39. The zero-order valence-electron chi connectivity index (χ0n) is 6.45. The van der Waals surface area contributed by atoms with Gasteiger partial charge in [0.25, 0.3) is 0 Å². The SMILES string of the molecule is NCC(=O)C1CC2CCC1O2. The van der Waals surface area contributed by atoms with Crippen molar-refractivity contribution in [3.63, 3.8) is 0 Å². The molecule has 2 bridgehead atoms. The molecule has 0 aromatic rings. The van der Waals surface area contributed by atoms with Crippen molar-refractivity contribution in [1.82, 2.24) is 0 Å². The van der Waals surface area contributed by atoms with Crippen LogP contribution in [0.5, 0.6) is 0 Å². The Hall–Kier alpha value is -0.410. The van der Waals surface area contributed by atoms with Crippen molar-refractivity contribution in [2.75, 3.05) is 6.54 Å². The molecular formula is C8H13NO2. The van der Waals surface area contributed by atoms with E-state index >= 15 is 0 Å². The third-order valence-corrected chi connectivity index (χ3v) is 2.72. The van der Waals surface area contributed by atoms with Crippen LogP contribution in [0, 0.1) is 5.92 Å². The first-order valence-electron chi connectivity index (χ1n) is 4.19. The van der Waals surface area contributed by atoms with E-state index in [0.717, 1.165) is 19.3 Å². The van der Waals surface area contributed by atoms with Crippen molar-refractivity contribution < 1.29 is 9.53 Å². The van der Waals surface area contributed by atoms with Gasteiger partial charge in [0.1, 0.15) is 0 Å². The van der Waals surface area contributed by atoms with Crippen LogP contribution in [0.25, 0.3) is 0 Å². The summed E-state index contributed by atoms with van der Waals surface area (Å²) < 4.78 is 5.53. The highest BCUT2D eigenvalue weighted by Crippen LogP contribution is 2.38. The summed E-state index contributed by atoms with van der Waals surface area (Å²) in [6.45, 7) is 0.178. The van der Waals surface area contributed by atoms with Gasteiger partial charge in [-0.25, -0.2) is 0 Å². The first-order chi connectivity index (χ1) is 5.31. The second kappa shape index (κ2) is 2.57. The van der Waals surface area contributed by atoms with Gasteiger partial charge in [0, 0.05) is 5.92 Å². The van der Waals surface area contributed by atoms with E-state index in [0.29, 0.717) is 6.10 Å². The number of hydrogen-bond donors (Lipinski definition) is 1. The van der Waals surface area contributed by atoms with Crippen LogP contribution < -0.4 is 5.73 Å². The maximum Gasteiger partial charge on any atom is 0.152 e. The Kier molecular flexibility index (Phi) is 1.69. The third kappa shape index (κ3) is 1.08. The van der Waals surface area contributed by atoms with E-state index in [2.05, 4.69) is 0 Å². The van der Waals surface area contributed by atoms with Crippen molar-refractivity contribution in [1.29, 1.82) is 0 Å². The molecule has 62 valence electrons. The van der Waals surface area contributed by atoms with Gasteiger partial charge < -0.3 is 10.5 Å². The van der Waals surface area contributed by atoms with Gasteiger partial charge in [-0.1, -0.05) is 0 Å². The molecule has 0 amide bonds. The second-order valence-corrected chi connectivity index (χ2v) is 3.39. The molecule has 2 rings (SSSR count). The molecule has 0 spiro atoms. The van der Waals surface area contributed by atoms with E-state index in [1.807, 2.05) is 0 Å². The fraction of sp³-hybridized carbons (Fsp3) is 0.875. The van der Waals surface area contributed by atoms with Crippen LogP contribution in [-0.4, -0.2) is 24.5 Å². The number of carbonyl (C=O) groups excluding carboxylic acids is 1. The average Bonchev–Trinajstić information content (AvgIpc) is 2.62. The van der Waals surface area contributed by atoms with Gasteiger partial charge in [0.2, 0.25) is 0 Å². The highest BCUT2D eigenvalue weighted by Gasteiger charge is 2.43. The van der Waals surface area contributed by atoms with E-state index in [1.165, 1.54) is 0 Å². The summed E-state index contributed by atoms with van der Waals surface area (Å²) in [5.41, 5.74) is 5.28. The Balaban J connectivity index is 2.02. The van der Waals surface area contributed by atoms with Gasteiger partial charge in [0.05, 0.1) is 18.8 Å². The Bertz CT molecular complexity index is 181. The fourth-order valence-electron chi connectivity index (χ4n) is 2.13. The van der Waals surface area contributed by atoms with Crippen molar-refractivity contribution in [3.05, 3.63) is 0 Å². The average molecular weight is 155 g/mol. The van der Waals surface area contributed by atoms with E-state index in [1.54, 1.807) is 0 Å². The van der Waals surface area contributed by atoms with Gasteiger partial charge in [-0.3, -0.25) is 4.79 Å². The van der Waals surface area contributed by atoms with Gasteiger partial charge in [-0.2, -0.15) is 0 Å². The lowest BCUT2D eigenvalue weighted by molar-refractivity contribution is -0.122. The molecule has 2 N–H and O–H groups in total. The largest absolute Gasteiger partial charge is 0.374 e. The summed E-state index contributed by atoms with van der Waals surface area (Å²) in [6.07, 6.45) is 3.68. The minimum atomic E-state index is 0.124. The molecule has 2 heterocycles. The zero-order chi connectivity index (χ0) is 7.84. The maximum atomic E-state index is 11.2. The molecule has 2 fully saturated rings. The summed E-state index contributed by atoms with van der Waals surface area (Å²) in [7, 11) is 0. The van der Waals surface area contributed by atoms with Crippen LogP contribution in [0.4, 0.5) is 0 Å². The molecule has 2 aliphatic rings. The summed E-state index contributed by atoms with van der Waals surface area (Å²) in [5, 5.41) is 0. The minimum absolute atomic E-state index is 0.124. The van der Waals surface area contributed by atoms with E-state index < -0.39 is 0 Å². The van der Waals surface area contributed by atoms with E-state index in [9.17, 15) is 4.79 Å². The van der Waals surface area contributed by atoms with Crippen LogP contribution >= 0.6 is 0 Å². The molecule has 0 saturated carbocycles. The summed E-state index contributed by atoms with van der Waals surface area (Å²) >= 11 is 0. The third-order valence-electron chi connectivity index (χ3n) is 2.72. The Morgan fingerprint density at radius 1 is 1.55 bits per heavy atom. The highest BCUT2D eigenvalue weighted by atomic mass is 16.5. The van der Waals surface area contributed by atoms with Crippen molar-refractivity contribution in [2.45, 2.75) is 31.5 Å². The van der Waals surface area contributed by atoms with Crippen molar-refractivity contribution in [3.8, 4) is 0 Å². The number of ether oxygens (including phenoxy) is 1. The molecule has 11 heavy (non-hydrogen) atoms. The normalized spacial score (nSPS) is 41.4. The lowest BCUT2D eigenvalue weighted by atomic mass is 9.86. The molecule has 0 aromatic carbocycles. The standard InChI is InChI=1S/C8H13NO2/c9-4-7(10)6-3-5-1-2-8(6)11-5/h5-6,8H,1-4,9H2. The summed E-state index contributed by atoms with van der Waals surface area (Å²) in [4.78, 5) is 11.2. The van der Waals surface area contributed by atoms with Gasteiger partial charge in [0.15, 0.2) is 5.78 Å². The summed E-state index contributed by atoms with van der Waals surface area (Å²) in [6, 6.07) is 0. The Labute approximate surface area is 65.9 Å². The number of nitrogens with two attached hydrogens (primary N) is 1. The van der Waals surface area contributed by atoms with Gasteiger partial charge in [-0.15, -0.1) is 0 Å². The minimum Gasteiger partial charge on any atom is -0.374 e. The summed E-state index contributed by atoms with van der Waals surface area (Å²) in [5.74, 6) is 0.302.